The van der Waals surface area contributed by atoms with Crippen molar-refractivity contribution >= 4 is 17.5 Å². The Morgan fingerprint density at radius 1 is 1.26 bits per heavy atom. The number of halogens is 3. The van der Waals surface area contributed by atoms with Gasteiger partial charge in [-0.15, -0.1) is 0 Å². The zero-order chi connectivity index (χ0) is 19.3. The highest BCUT2D eigenvalue weighted by molar-refractivity contribution is 5.61. The molecule has 0 saturated carbocycles. The van der Waals surface area contributed by atoms with Gasteiger partial charge in [-0.3, -0.25) is 0 Å². The predicted octanol–water partition coefficient (Wildman–Crippen LogP) is 1.91. The standard InChI is InChI=1S/C16H16F3N7O/c17-16(18,19)12-9-23-14(26-15-24-5-10(4-20)6-25-15)3-13(12)22-8-11-7-21-1-2-27-11/h3,5-6,9,11,21H,1-2,7-8H2,(H2,22,23,24,25,26)/t11-/m1/s1. The SMILES string of the molecule is N#Cc1cnc(Nc2cc(NC[C@H]3CNCCO3)c(C(F)(F)F)cn2)nc1. The zero-order valence-corrected chi connectivity index (χ0v) is 14.0. The van der Waals surface area contributed by atoms with Crippen molar-refractivity contribution in [3.63, 3.8) is 0 Å². The molecule has 0 aliphatic carbocycles. The van der Waals surface area contributed by atoms with Gasteiger partial charge in [0.15, 0.2) is 0 Å². The first kappa shape index (κ1) is 18.8. The second-order valence-corrected chi connectivity index (χ2v) is 5.72. The lowest BCUT2D eigenvalue weighted by Gasteiger charge is -2.25. The number of hydrogen-bond acceptors (Lipinski definition) is 8. The lowest BCUT2D eigenvalue weighted by molar-refractivity contribution is -0.137. The first-order valence-corrected chi connectivity index (χ1v) is 8.08. The van der Waals surface area contributed by atoms with Gasteiger partial charge in [-0.05, 0) is 0 Å². The van der Waals surface area contributed by atoms with Crippen LogP contribution in [-0.2, 0) is 10.9 Å². The molecule has 0 spiro atoms. The summed E-state index contributed by atoms with van der Waals surface area (Å²) in [6.07, 6.45) is -1.44. The van der Waals surface area contributed by atoms with Crippen molar-refractivity contribution in [1.82, 2.24) is 20.3 Å². The van der Waals surface area contributed by atoms with Gasteiger partial charge < -0.3 is 20.7 Å². The van der Waals surface area contributed by atoms with Crippen molar-refractivity contribution in [1.29, 1.82) is 5.26 Å². The van der Waals surface area contributed by atoms with Crippen LogP contribution in [0.1, 0.15) is 11.1 Å². The molecular weight excluding hydrogens is 363 g/mol. The fourth-order valence-electron chi connectivity index (χ4n) is 2.44. The van der Waals surface area contributed by atoms with Crippen LogP contribution >= 0.6 is 0 Å². The number of alkyl halides is 3. The van der Waals surface area contributed by atoms with E-state index in [2.05, 4.69) is 30.9 Å². The Balaban J connectivity index is 1.77. The van der Waals surface area contributed by atoms with Crippen LogP contribution in [0.3, 0.4) is 0 Å². The van der Waals surface area contributed by atoms with Crippen LogP contribution in [0.25, 0.3) is 0 Å². The summed E-state index contributed by atoms with van der Waals surface area (Å²) in [5.41, 5.74) is -0.732. The number of ether oxygens (including phenoxy) is 1. The van der Waals surface area contributed by atoms with Gasteiger partial charge in [-0.2, -0.15) is 18.4 Å². The van der Waals surface area contributed by atoms with Crippen molar-refractivity contribution in [2.45, 2.75) is 12.3 Å². The number of nitrogens with one attached hydrogen (secondary N) is 3. The molecule has 0 amide bonds. The molecule has 0 radical (unpaired) electrons. The van der Waals surface area contributed by atoms with Gasteiger partial charge in [-0.1, -0.05) is 0 Å². The molecule has 142 valence electrons. The van der Waals surface area contributed by atoms with E-state index >= 15 is 0 Å². The van der Waals surface area contributed by atoms with Crippen LogP contribution < -0.4 is 16.0 Å². The Morgan fingerprint density at radius 3 is 2.67 bits per heavy atom. The summed E-state index contributed by atoms with van der Waals surface area (Å²) in [5.74, 6) is 0.255. The molecule has 1 aliphatic rings. The number of hydrogen-bond donors (Lipinski definition) is 3. The minimum Gasteiger partial charge on any atom is -0.382 e. The molecule has 8 nitrogen and oxygen atoms in total. The summed E-state index contributed by atoms with van der Waals surface area (Å²) in [5, 5.41) is 17.4. The van der Waals surface area contributed by atoms with Crippen LogP contribution in [0.5, 0.6) is 0 Å². The van der Waals surface area contributed by atoms with Crippen LogP contribution in [0.4, 0.5) is 30.6 Å². The maximum atomic E-state index is 13.3. The van der Waals surface area contributed by atoms with E-state index in [1.807, 2.05) is 6.07 Å². The topological polar surface area (TPSA) is 108 Å². The Labute approximate surface area is 152 Å². The smallest absolute Gasteiger partial charge is 0.382 e. The third-order valence-electron chi connectivity index (χ3n) is 3.75. The average Bonchev–Trinajstić information content (AvgIpc) is 2.67. The number of aromatic nitrogens is 3. The first-order valence-electron chi connectivity index (χ1n) is 8.08. The first-order chi connectivity index (χ1) is 13.0. The molecule has 3 heterocycles. The summed E-state index contributed by atoms with van der Waals surface area (Å²) in [6.45, 7) is 2.01. The Kier molecular flexibility index (Phi) is 5.68. The second-order valence-electron chi connectivity index (χ2n) is 5.72. The number of rotatable bonds is 5. The molecule has 3 rings (SSSR count). The van der Waals surface area contributed by atoms with Crippen molar-refractivity contribution in [2.75, 3.05) is 36.9 Å². The molecule has 1 fully saturated rings. The fourth-order valence-corrected chi connectivity index (χ4v) is 2.44. The molecule has 3 N–H and O–H groups in total. The van der Waals surface area contributed by atoms with Gasteiger partial charge >= 0.3 is 6.18 Å². The number of nitrogens with zero attached hydrogens (tertiary/aromatic N) is 4. The molecule has 27 heavy (non-hydrogen) atoms. The normalized spacial score (nSPS) is 17.2. The van der Waals surface area contributed by atoms with E-state index in [1.165, 1.54) is 18.5 Å². The largest absolute Gasteiger partial charge is 0.419 e. The van der Waals surface area contributed by atoms with Gasteiger partial charge in [-0.25, -0.2) is 15.0 Å². The molecule has 0 bridgehead atoms. The Bertz CT molecular complexity index is 814. The van der Waals surface area contributed by atoms with Crippen LogP contribution in [0.2, 0.25) is 0 Å². The van der Waals surface area contributed by atoms with E-state index in [9.17, 15) is 13.2 Å². The molecule has 0 aromatic carbocycles. The van der Waals surface area contributed by atoms with Gasteiger partial charge in [0.25, 0.3) is 0 Å². The highest BCUT2D eigenvalue weighted by Crippen LogP contribution is 2.35. The maximum absolute atomic E-state index is 13.3. The lowest BCUT2D eigenvalue weighted by atomic mass is 10.2. The maximum Gasteiger partial charge on any atom is 0.419 e. The van der Waals surface area contributed by atoms with Crippen LogP contribution in [0.15, 0.2) is 24.7 Å². The van der Waals surface area contributed by atoms with Crippen LogP contribution in [-0.4, -0.2) is 47.3 Å². The van der Waals surface area contributed by atoms with E-state index in [1.54, 1.807) is 0 Å². The minimum atomic E-state index is -4.55. The van der Waals surface area contributed by atoms with E-state index in [0.717, 1.165) is 12.7 Å². The van der Waals surface area contributed by atoms with E-state index in [4.69, 9.17) is 10.00 Å². The van der Waals surface area contributed by atoms with Crippen molar-refractivity contribution in [2.24, 2.45) is 0 Å². The van der Waals surface area contributed by atoms with Gasteiger partial charge in [0.05, 0.1) is 41.9 Å². The summed E-state index contributed by atoms with van der Waals surface area (Å²) in [7, 11) is 0. The molecule has 11 heteroatoms. The third kappa shape index (κ3) is 5.02. The third-order valence-corrected chi connectivity index (χ3v) is 3.75. The summed E-state index contributed by atoms with van der Waals surface area (Å²) < 4.78 is 45.3. The Morgan fingerprint density at radius 2 is 2.04 bits per heavy atom. The summed E-state index contributed by atoms with van der Waals surface area (Å²) in [4.78, 5) is 11.6. The molecule has 2 aromatic heterocycles. The lowest BCUT2D eigenvalue weighted by Crippen LogP contribution is -2.42. The average molecular weight is 379 g/mol. The van der Waals surface area contributed by atoms with Gasteiger partial charge in [0.2, 0.25) is 5.95 Å². The quantitative estimate of drug-likeness (QED) is 0.723. The highest BCUT2D eigenvalue weighted by Gasteiger charge is 2.34. The van der Waals surface area contributed by atoms with Gasteiger partial charge in [0, 0.05) is 31.9 Å². The molecular formula is C16H16F3N7O. The fraction of sp³-hybridized carbons (Fsp3) is 0.375. The van der Waals surface area contributed by atoms with Crippen molar-refractivity contribution in [3.8, 4) is 6.07 Å². The van der Waals surface area contributed by atoms with E-state index < -0.39 is 11.7 Å². The monoisotopic (exact) mass is 379 g/mol. The predicted molar refractivity (Wildman–Crippen MR) is 90.4 cm³/mol. The zero-order valence-electron chi connectivity index (χ0n) is 14.0. The molecule has 2 aromatic rings. The summed E-state index contributed by atoms with van der Waals surface area (Å²) in [6, 6.07) is 3.12. The molecule has 0 unspecified atom stereocenters. The summed E-state index contributed by atoms with van der Waals surface area (Å²) >= 11 is 0. The number of morpholine rings is 1. The highest BCUT2D eigenvalue weighted by atomic mass is 19.4. The van der Waals surface area contributed by atoms with Gasteiger partial charge in [0.1, 0.15) is 11.9 Å². The van der Waals surface area contributed by atoms with E-state index in [-0.39, 0.29) is 35.7 Å². The van der Waals surface area contributed by atoms with Crippen molar-refractivity contribution < 1.29 is 17.9 Å². The van der Waals surface area contributed by atoms with Crippen LogP contribution in [0, 0.1) is 11.3 Å². The second kappa shape index (κ2) is 8.15. The minimum absolute atomic E-state index is 0.118. The molecule has 1 saturated heterocycles. The number of nitriles is 1. The molecule has 1 atom stereocenters. The molecule has 1 aliphatic heterocycles. The van der Waals surface area contributed by atoms with E-state index in [0.29, 0.717) is 13.2 Å². The number of pyridine rings is 1. The Hall–Kier alpha value is -2.97. The van der Waals surface area contributed by atoms with Crippen molar-refractivity contribution in [3.05, 3.63) is 35.8 Å². The number of anilines is 3.